The van der Waals surface area contributed by atoms with E-state index < -0.39 is 0 Å². The summed E-state index contributed by atoms with van der Waals surface area (Å²) in [4.78, 5) is 0. The van der Waals surface area contributed by atoms with E-state index in [1.165, 1.54) is 63.5 Å². The van der Waals surface area contributed by atoms with Gasteiger partial charge in [0, 0.05) is 12.2 Å². The third-order valence-corrected chi connectivity index (χ3v) is 3.38. The van der Waals surface area contributed by atoms with E-state index in [1.54, 1.807) is 0 Å². The molecule has 1 heteroatoms. The van der Waals surface area contributed by atoms with Gasteiger partial charge in [0.2, 0.25) is 0 Å². The van der Waals surface area contributed by atoms with Crippen LogP contribution in [0.4, 0.5) is 5.69 Å². The molecule has 0 heterocycles. The molecule has 0 aliphatic heterocycles. The maximum Gasteiger partial charge on any atom is 0.0340 e. The van der Waals surface area contributed by atoms with Gasteiger partial charge in [-0.25, -0.2) is 0 Å². The second-order valence-corrected chi connectivity index (χ2v) is 5.12. The van der Waals surface area contributed by atoms with Gasteiger partial charge in [0.25, 0.3) is 0 Å². The Kier molecular flexibility index (Phi) is 9.32. The molecule has 1 aromatic rings. The predicted octanol–water partition coefficient (Wildman–Crippen LogP) is 5.63. The van der Waals surface area contributed by atoms with Crippen molar-refractivity contribution in [1.29, 1.82) is 0 Å². The Morgan fingerprint density at radius 3 is 1.89 bits per heavy atom. The molecular formula is C17H29N. The van der Waals surface area contributed by atoms with Gasteiger partial charge in [0.05, 0.1) is 0 Å². The smallest absolute Gasteiger partial charge is 0.0340 e. The van der Waals surface area contributed by atoms with Crippen molar-refractivity contribution in [3.05, 3.63) is 30.3 Å². The fourth-order valence-electron chi connectivity index (χ4n) is 2.22. The Bertz CT molecular complexity index is 268. The molecule has 0 aromatic heterocycles. The lowest BCUT2D eigenvalue weighted by molar-refractivity contribution is 0.569. The van der Waals surface area contributed by atoms with Crippen LogP contribution in [-0.4, -0.2) is 6.54 Å². The molecule has 1 nitrogen and oxygen atoms in total. The van der Waals surface area contributed by atoms with E-state index in [9.17, 15) is 0 Å². The minimum absolute atomic E-state index is 1.11. The molecule has 18 heavy (non-hydrogen) atoms. The average Bonchev–Trinajstić information content (AvgIpc) is 2.42. The molecule has 0 aliphatic rings. The first-order chi connectivity index (χ1) is 8.93. The van der Waals surface area contributed by atoms with Gasteiger partial charge in [-0.15, -0.1) is 0 Å². The third-order valence-electron chi connectivity index (χ3n) is 3.38. The molecule has 0 bridgehead atoms. The first-order valence-corrected chi connectivity index (χ1v) is 7.72. The summed E-state index contributed by atoms with van der Waals surface area (Å²) in [5, 5.41) is 3.46. The summed E-state index contributed by atoms with van der Waals surface area (Å²) in [6.07, 6.45) is 12.6. The topological polar surface area (TPSA) is 12.0 Å². The molecule has 1 aromatic carbocycles. The molecule has 102 valence electrons. The lowest BCUT2D eigenvalue weighted by Crippen LogP contribution is -2.00. The zero-order valence-electron chi connectivity index (χ0n) is 12.0. The zero-order valence-corrected chi connectivity index (χ0v) is 12.0. The van der Waals surface area contributed by atoms with Gasteiger partial charge in [-0.05, 0) is 18.6 Å². The molecule has 0 fully saturated rings. The maximum absolute atomic E-state index is 3.46. The molecule has 0 amide bonds. The molecule has 1 N–H and O–H groups in total. The molecule has 0 radical (unpaired) electrons. The number of anilines is 1. The summed E-state index contributed by atoms with van der Waals surface area (Å²) in [7, 11) is 0. The first-order valence-electron chi connectivity index (χ1n) is 7.72. The SMILES string of the molecule is CCCCCCCCCCCNc1ccccc1. The Labute approximate surface area is 113 Å². The molecule has 0 saturated carbocycles. The Balaban J connectivity index is 1.82. The van der Waals surface area contributed by atoms with Gasteiger partial charge < -0.3 is 5.32 Å². The van der Waals surface area contributed by atoms with Crippen LogP contribution in [0, 0.1) is 0 Å². The minimum Gasteiger partial charge on any atom is -0.385 e. The van der Waals surface area contributed by atoms with Gasteiger partial charge >= 0.3 is 0 Å². The van der Waals surface area contributed by atoms with Crippen LogP contribution in [-0.2, 0) is 0 Å². The van der Waals surface area contributed by atoms with Crippen LogP contribution in [0.15, 0.2) is 30.3 Å². The van der Waals surface area contributed by atoms with E-state index in [0.29, 0.717) is 0 Å². The molecule has 0 aliphatic carbocycles. The van der Waals surface area contributed by atoms with Crippen molar-refractivity contribution < 1.29 is 0 Å². The van der Waals surface area contributed by atoms with Crippen LogP contribution in [0.25, 0.3) is 0 Å². The molecular weight excluding hydrogens is 218 g/mol. The van der Waals surface area contributed by atoms with Gasteiger partial charge in [0.15, 0.2) is 0 Å². The highest BCUT2D eigenvalue weighted by atomic mass is 14.9. The summed E-state index contributed by atoms with van der Waals surface area (Å²) in [6.45, 7) is 3.39. The molecule has 1 rings (SSSR count). The minimum atomic E-state index is 1.11. The third kappa shape index (κ3) is 8.16. The van der Waals surface area contributed by atoms with Crippen molar-refractivity contribution in [2.45, 2.75) is 64.7 Å². The van der Waals surface area contributed by atoms with Crippen molar-refractivity contribution in [3.63, 3.8) is 0 Å². The van der Waals surface area contributed by atoms with Gasteiger partial charge in [-0.3, -0.25) is 0 Å². The van der Waals surface area contributed by atoms with E-state index in [2.05, 4.69) is 42.6 Å². The molecule has 0 atom stereocenters. The van der Waals surface area contributed by atoms with Crippen LogP contribution in [0.1, 0.15) is 64.7 Å². The highest BCUT2D eigenvalue weighted by Gasteiger charge is 1.92. The van der Waals surface area contributed by atoms with Gasteiger partial charge in [0.1, 0.15) is 0 Å². The van der Waals surface area contributed by atoms with Crippen LogP contribution >= 0.6 is 0 Å². The van der Waals surface area contributed by atoms with Crippen LogP contribution in [0.5, 0.6) is 0 Å². The average molecular weight is 247 g/mol. The molecule has 0 spiro atoms. The van der Waals surface area contributed by atoms with E-state index in [0.717, 1.165) is 6.54 Å². The van der Waals surface area contributed by atoms with Crippen molar-refractivity contribution in [1.82, 2.24) is 0 Å². The summed E-state index contributed by atoms with van der Waals surface area (Å²) in [5.74, 6) is 0. The maximum atomic E-state index is 3.46. The van der Waals surface area contributed by atoms with E-state index >= 15 is 0 Å². The lowest BCUT2D eigenvalue weighted by atomic mass is 10.1. The van der Waals surface area contributed by atoms with Crippen LogP contribution in [0.2, 0.25) is 0 Å². The van der Waals surface area contributed by atoms with E-state index in [-0.39, 0.29) is 0 Å². The number of nitrogens with one attached hydrogen (secondary N) is 1. The number of hydrogen-bond donors (Lipinski definition) is 1. The normalized spacial score (nSPS) is 10.5. The molecule has 0 saturated heterocycles. The number of para-hydroxylation sites is 1. The quantitative estimate of drug-likeness (QED) is 0.500. The Morgan fingerprint density at radius 2 is 1.28 bits per heavy atom. The number of benzene rings is 1. The van der Waals surface area contributed by atoms with Crippen molar-refractivity contribution >= 4 is 5.69 Å². The Hall–Kier alpha value is -0.980. The summed E-state index contributed by atoms with van der Waals surface area (Å²) < 4.78 is 0. The fourth-order valence-corrected chi connectivity index (χ4v) is 2.22. The molecule has 0 unspecified atom stereocenters. The monoisotopic (exact) mass is 247 g/mol. The van der Waals surface area contributed by atoms with Gasteiger partial charge in [-0.2, -0.15) is 0 Å². The number of hydrogen-bond acceptors (Lipinski definition) is 1. The van der Waals surface area contributed by atoms with Crippen molar-refractivity contribution in [2.75, 3.05) is 11.9 Å². The van der Waals surface area contributed by atoms with Crippen LogP contribution in [0.3, 0.4) is 0 Å². The summed E-state index contributed by atoms with van der Waals surface area (Å²) >= 11 is 0. The van der Waals surface area contributed by atoms with Crippen molar-refractivity contribution in [2.24, 2.45) is 0 Å². The predicted molar refractivity (Wildman–Crippen MR) is 82.2 cm³/mol. The largest absolute Gasteiger partial charge is 0.385 e. The second kappa shape index (κ2) is 11.1. The highest BCUT2D eigenvalue weighted by molar-refractivity contribution is 5.42. The summed E-state index contributed by atoms with van der Waals surface area (Å²) in [6, 6.07) is 10.5. The van der Waals surface area contributed by atoms with Gasteiger partial charge in [-0.1, -0.05) is 76.5 Å². The van der Waals surface area contributed by atoms with E-state index in [1.807, 2.05) is 0 Å². The Morgan fingerprint density at radius 1 is 0.722 bits per heavy atom. The van der Waals surface area contributed by atoms with Crippen LogP contribution < -0.4 is 5.32 Å². The highest BCUT2D eigenvalue weighted by Crippen LogP contribution is 2.10. The summed E-state index contributed by atoms with van der Waals surface area (Å²) in [5.41, 5.74) is 1.25. The first kappa shape index (κ1) is 15.1. The number of unbranched alkanes of at least 4 members (excludes halogenated alkanes) is 8. The fraction of sp³-hybridized carbons (Fsp3) is 0.647. The second-order valence-electron chi connectivity index (χ2n) is 5.12. The number of rotatable bonds is 11. The zero-order chi connectivity index (χ0) is 12.9. The lowest BCUT2D eigenvalue weighted by Gasteiger charge is -2.05. The standard InChI is InChI=1S/C17H29N/c1-2-3-4-5-6-7-8-9-13-16-18-17-14-11-10-12-15-17/h10-12,14-15,18H,2-9,13,16H2,1H3. The van der Waals surface area contributed by atoms with Crippen molar-refractivity contribution in [3.8, 4) is 0 Å². The van der Waals surface area contributed by atoms with E-state index in [4.69, 9.17) is 0 Å².